The lowest BCUT2D eigenvalue weighted by Gasteiger charge is -2.21. The third kappa shape index (κ3) is 2.39. The van der Waals surface area contributed by atoms with Crippen LogP contribution >= 0.6 is 0 Å². The standard InChI is InChI=1S/C17H19N3O2/c1-10-5-6-13-14(7-10)19-20(18-13)15-9-11(21)8-12(16(15)22)17(2,3)4/h5-9,21-22H,1-4H3. The van der Waals surface area contributed by atoms with Crippen LogP contribution in [-0.2, 0) is 5.41 Å². The van der Waals surface area contributed by atoms with Crippen LogP contribution in [0.3, 0.4) is 0 Å². The van der Waals surface area contributed by atoms with Crippen LogP contribution in [0.2, 0.25) is 0 Å². The molecule has 0 radical (unpaired) electrons. The van der Waals surface area contributed by atoms with Crippen LogP contribution in [0, 0.1) is 6.92 Å². The van der Waals surface area contributed by atoms with E-state index < -0.39 is 0 Å². The fourth-order valence-corrected chi connectivity index (χ4v) is 2.46. The number of rotatable bonds is 1. The smallest absolute Gasteiger partial charge is 0.147 e. The van der Waals surface area contributed by atoms with E-state index in [1.54, 1.807) is 6.07 Å². The van der Waals surface area contributed by atoms with Crippen LogP contribution < -0.4 is 0 Å². The minimum absolute atomic E-state index is 0.0789. The van der Waals surface area contributed by atoms with Crippen LogP contribution in [0.15, 0.2) is 30.3 Å². The molecule has 1 aromatic heterocycles. The summed E-state index contributed by atoms with van der Waals surface area (Å²) in [7, 11) is 0. The van der Waals surface area contributed by atoms with E-state index in [0.717, 1.165) is 16.6 Å². The Bertz CT molecular complexity index is 860. The molecular weight excluding hydrogens is 278 g/mol. The molecule has 0 saturated carbocycles. The molecule has 0 spiro atoms. The summed E-state index contributed by atoms with van der Waals surface area (Å²) in [6.45, 7) is 7.91. The molecule has 5 heteroatoms. The van der Waals surface area contributed by atoms with E-state index in [4.69, 9.17) is 0 Å². The van der Waals surface area contributed by atoms with Crippen molar-refractivity contribution in [2.75, 3.05) is 0 Å². The summed E-state index contributed by atoms with van der Waals surface area (Å²) in [5.74, 6) is 0.164. The Morgan fingerprint density at radius 2 is 1.64 bits per heavy atom. The molecule has 0 unspecified atom stereocenters. The normalized spacial score (nSPS) is 12.0. The lowest BCUT2D eigenvalue weighted by Crippen LogP contribution is -2.13. The second kappa shape index (κ2) is 4.73. The molecule has 0 aliphatic heterocycles. The number of hydrogen-bond acceptors (Lipinski definition) is 4. The maximum absolute atomic E-state index is 10.6. The summed E-state index contributed by atoms with van der Waals surface area (Å²) in [6, 6.07) is 8.83. The highest BCUT2D eigenvalue weighted by atomic mass is 16.3. The Hall–Kier alpha value is -2.56. The van der Waals surface area contributed by atoms with E-state index in [1.165, 1.54) is 10.9 Å². The largest absolute Gasteiger partial charge is 0.508 e. The predicted molar refractivity (Wildman–Crippen MR) is 85.6 cm³/mol. The molecule has 3 rings (SSSR count). The molecule has 22 heavy (non-hydrogen) atoms. The van der Waals surface area contributed by atoms with Crippen molar-refractivity contribution in [1.29, 1.82) is 0 Å². The zero-order valence-corrected chi connectivity index (χ0v) is 13.1. The molecule has 0 aliphatic carbocycles. The van der Waals surface area contributed by atoms with Crippen molar-refractivity contribution in [3.63, 3.8) is 0 Å². The van der Waals surface area contributed by atoms with Gasteiger partial charge in [-0.25, -0.2) is 0 Å². The first-order chi connectivity index (χ1) is 10.3. The monoisotopic (exact) mass is 297 g/mol. The van der Waals surface area contributed by atoms with Crippen molar-refractivity contribution in [3.8, 4) is 17.2 Å². The predicted octanol–water partition coefficient (Wildman–Crippen LogP) is 3.44. The van der Waals surface area contributed by atoms with E-state index >= 15 is 0 Å². The Morgan fingerprint density at radius 1 is 0.955 bits per heavy atom. The van der Waals surface area contributed by atoms with E-state index in [-0.39, 0.29) is 16.9 Å². The van der Waals surface area contributed by atoms with Gasteiger partial charge >= 0.3 is 0 Å². The fraction of sp³-hybridized carbons (Fsp3) is 0.294. The Morgan fingerprint density at radius 3 is 2.32 bits per heavy atom. The minimum atomic E-state index is -0.305. The second-order valence-electron chi connectivity index (χ2n) is 6.59. The van der Waals surface area contributed by atoms with Crippen molar-refractivity contribution in [1.82, 2.24) is 15.0 Å². The maximum Gasteiger partial charge on any atom is 0.147 e. The molecule has 0 amide bonds. The van der Waals surface area contributed by atoms with E-state index in [1.807, 2.05) is 45.9 Å². The van der Waals surface area contributed by atoms with Crippen molar-refractivity contribution in [3.05, 3.63) is 41.5 Å². The van der Waals surface area contributed by atoms with Gasteiger partial charge in [0.25, 0.3) is 0 Å². The first-order valence-electron chi connectivity index (χ1n) is 7.16. The van der Waals surface area contributed by atoms with E-state index in [2.05, 4.69) is 10.2 Å². The van der Waals surface area contributed by atoms with Crippen molar-refractivity contribution in [2.24, 2.45) is 0 Å². The van der Waals surface area contributed by atoms with Gasteiger partial charge in [0.2, 0.25) is 0 Å². The molecule has 0 atom stereocenters. The third-order valence-electron chi connectivity index (χ3n) is 3.63. The van der Waals surface area contributed by atoms with Crippen molar-refractivity contribution in [2.45, 2.75) is 33.1 Å². The number of nitrogens with zero attached hydrogens (tertiary/aromatic N) is 3. The molecule has 114 valence electrons. The molecule has 1 heterocycles. The number of phenolic OH excluding ortho intramolecular Hbond substituents is 2. The van der Waals surface area contributed by atoms with Gasteiger partial charge in [-0.2, -0.15) is 0 Å². The second-order valence-corrected chi connectivity index (χ2v) is 6.59. The van der Waals surface area contributed by atoms with Crippen LogP contribution in [0.4, 0.5) is 0 Å². The summed E-state index contributed by atoms with van der Waals surface area (Å²) in [5.41, 5.74) is 3.31. The number of aryl methyl sites for hydroxylation is 1. The quantitative estimate of drug-likeness (QED) is 0.675. The van der Waals surface area contributed by atoms with Gasteiger partial charge in [0, 0.05) is 11.6 Å². The Labute approximate surface area is 128 Å². The van der Waals surface area contributed by atoms with Gasteiger partial charge in [0.1, 0.15) is 28.2 Å². The van der Waals surface area contributed by atoms with E-state index in [0.29, 0.717) is 11.3 Å². The zero-order chi connectivity index (χ0) is 16.1. The zero-order valence-electron chi connectivity index (χ0n) is 13.1. The number of fused-ring (bicyclic) bond motifs is 1. The molecule has 3 aromatic rings. The molecule has 0 aliphatic rings. The molecule has 2 aromatic carbocycles. The third-order valence-corrected chi connectivity index (χ3v) is 3.63. The first kappa shape index (κ1) is 14.4. The summed E-state index contributed by atoms with van der Waals surface area (Å²) in [5, 5.41) is 29.3. The lowest BCUT2D eigenvalue weighted by atomic mass is 9.86. The van der Waals surface area contributed by atoms with Gasteiger partial charge in [-0.1, -0.05) is 26.8 Å². The number of aromatic hydroxyl groups is 2. The average Bonchev–Trinajstić information content (AvgIpc) is 2.82. The maximum atomic E-state index is 10.6. The number of hydrogen-bond donors (Lipinski definition) is 2. The van der Waals surface area contributed by atoms with Gasteiger partial charge in [-0.15, -0.1) is 15.0 Å². The summed E-state index contributed by atoms with van der Waals surface area (Å²) in [6.07, 6.45) is 0. The summed E-state index contributed by atoms with van der Waals surface area (Å²) >= 11 is 0. The molecule has 5 nitrogen and oxygen atoms in total. The Kier molecular flexibility index (Phi) is 3.09. The summed E-state index contributed by atoms with van der Waals surface area (Å²) in [4.78, 5) is 1.37. The lowest BCUT2D eigenvalue weighted by molar-refractivity contribution is 0.429. The number of benzene rings is 2. The topological polar surface area (TPSA) is 71.2 Å². The van der Waals surface area contributed by atoms with Crippen molar-refractivity contribution < 1.29 is 10.2 Å². The molecule has 2 N–H and O–H groups in total. The molecule has 0 saturated heterocycles. The molecule has 0 fully saturated rings. The van der Waals surface area contributed by atoms with Crippen LogP contribution in [0.5, 0.6) is 11.5 Å². The first-order valence-corrected chi connectivity index (χ1v) is 7.16. The van der Waals surface area contributed by atoms with Crippen LogP contribution in [-0.4, -0.2) is 25.2 Å². The van der Waals surface area contributed by atoms with E-state index in [9.17, 15) is 10.2 Å². The summed E-state index contributed by atoms with van der Waals surface area (Å²) < 4.78 is 0. The molecule has 0 bridgehead atoms. The minimum Gasteiger partial charge on any atom is -0.508 e. The van der Waals surface area contributed by atoms with Gasteiger partial charge in [-0.3, -0.25) is 0 Å². The highest BCUT2D eigenvalue weighted by molar-refractivity contribution is 5.75. The Balaban J connectivity index is 2.24. The highest BCUT2D eigenvalue weighted by Crippen LogP contribution is 2.37. The van der Waals surface area contributed by atoms with Crippen LogP contribution in [0.25, 0.3) is 16.7 Å². The van der Waals surface area contributed by atoms with Gasteiger partial charge in [0.15, 0.2) is 0 Å². The average molecular weight is 297 g/mol. The SMILES string of the molecule is Cc1ccc2nn(-c3cc(O)cc(C(C)(C)C)c3O)nc2c1. The fourth-order valence-electron chi connectivity index (χ4n) is 2.46. The van der Waals surface area contributed by atoms with Crippen molar-refractivity contribution >= 4 is 11.0 Å². The van der Waals surface area contributed by atoms with Gasteiger partial charge < -0.3 is 10.2 Å². The molecular formula is C17H19N3O2. The highest BCUT2D eigenvalue weighted by Gasteiger charge is 2.23. The van der Waals surface area contributed by atoms with Gasteiger partial charge in [0.05, 0.1) is 0 Å². The van der Waals surface area contributed by atoms with Crippen LogP contribution in [0.1, 0.15) is 31.9 Å². The number of phenols is 2. The van der Waals surface area contributed by atoms with Gasteiger partial charge in [-0.05, 0) is 36.1 Å². The number of aromatic nitrogens is 3.